The molecule has 1 saturated carbocycles. The Hall–Kier alpha value is -2.58. The number of aryl methyl sites for hydroxylation is 1. The normalized spacial score (nSPS) is 19.8. The molecule has 1 aliphatic carbocycles. The molecular formula is C21H26N5O3+. The molecule has 1 aromatic carbocycles. The van der Waals surface area contributed by atoms with Crippen molar-refractivity contribution in [3.05, 3.63) is 51.6 Å². The molecule has 8 heteroatoms. The van der Waals surface area contributed by atoms with E-state index < -0.39 is 0 Å². The van der Waals surface area contributed by atoms with Crippen molar-refractivity contribution in [1.29, 1.82) is 0 Å². The summed E-state index contributed by atoms with van der Waals surface area (Å²) in [6.45, 7) is 4.90. The lowest BCUT2D eigenvalue weighted by Crippen LogP contribution is -3.14. The van der Waals surface area contributed by atoms with Gasteiger partial charge in [-0.3, -0.25) is 4.79 Å². The molecule has 1 N–H and O–H groups in total. The van der Waals surface area contributed by atoms with Crippen LogP contribution in [0.1, 0.15) is 54.7 Å². The number of fused-ring (bicyclic) bond motifs is 1. The SMILES string of the molecule is Cc1ccc2occ([C@H](c3nnnn3C3CCCC3)[NH+]3CCOCC3)c(=O)c2c1. The summed E-state index contributed by atoms with van der Waals surface area (Å²) in [6.07, 6.45) is 6.15. The number of nitrogens with one attached hydrogen (secondary N) is 1. The molecule has 8 nitrogen and oxygen atoms in total. The molecule has 2 aromatic heterocycles. The summed E-state index contributed by atoms with van der Waals surface area (Å²) >= 11 is 0. The van der Waals surface area contributed by atoms with Gasteiger partial charge in [-0.1, -0.05) is 24.5 Å². The van der Waals surface area contributed by atoms with Crippen LogP contribution in [-0.4, -0.2) is 46.5 Å². The Bertz CT molecular complexity index is 1060. The molecule has 0 amide bonds. The summed E-state index contributed by atoms with van der Waals surface area (Å²) in [4.78, 5) is 14.8. The summed E-state index contributed by atoms with van der Waals surface area (Å²) in [6, 6.07) is 5.75. The lowest BCUT2D eigenvalue weighted by atomic mass is 10.0. The molecule has 1 aliphatic heterocycles. The first kappa shape index (κ1) is 18.4. The average Bonchev–Trinajstić information content (AvgIpc) is 3.43. The molecule has 1 saturated heterocycles. The largest absolute Gasteiger partial charge is 0.464 e. The van der Waals surface area contributed by atoms with E-state index in [2.05, 4.69) is 15.5 Å². The van der Waals surface area contributed by atoms with Crippen LogP contribution in [0.25, 0.3) is 11.0 Å². The zero-order valence-electron chi connectivity index (χ0n) is 16.6. The number of ether oxygens (including phenoxy) is 1. The van der Waals surface area contributed by atoms with Crippen LogP contribution in [0.15, 0.2) is 33.7 Å². The van der Waals surface area contributed by atoms with Crippen molar-refractivity contribution >= 4 is 11.0 Å². The smallest absolute Gasteiger partial charge is 0.214 e. The van der Waals surface area contributed by atoms with Gasteiger partial charge >= 0.3 is 0 Å². The van der Waals surface area contributed by atoms with Crippen molar-refractivity contribution < 1.29 is 14.1 Å². The van der Waals surface area contributed by atoms with Gasteiger partial charge in [0, 0.05) is 0 Å². The van der Waals surface area contributed by atoms with Crippen LogP contribution in [0, 0.1) is 6.92 Å². The topological polar surface area (TPSA) is 87.5 Å². The Kier molecular flexibility index (Phi) is 4.89. The van der Waals surface area contributed by atoms with Gasteiger partial charge in [0.05, 0.1) is 24.6 Å². The van der Waals surface area contributed by atoms with Crippen molar-refractivity contribution in [3.8, 4) is 0 Å². The first-order valence-electron chi connectivity index (χ1n) is 10.4. The second-order valence-electron chi connectivity index (χ2n) is 8.14. The standard InChI is InChI=1S/C21H25N5O3/c1-14-6-7-18-16(12-14)20(27)17(13-29-18)19(25-8-10-28-11-9-25)21-22-23-24-26(21)15-4-2-3-5-15/h6-7,12-13,15,19H,2-5,8-11H2,1H3/p+1/t19-/m1/s1. The first-order chi connectivity index (χ1) is 14.2. The number of aromatic nitrogens is 4. The number of rotatable bonds is 4. The summed E-state index contributed by atoms with van der Waals surface area (Å²) < 4.78 is 13.4. The van der Waals surface area contributed by atoms with Gasteiger partial charge in [0.1, 0.15) is 30.5 Å². The van der Waals surface area contributed by atoms with Crippen molar-refractivity contribution in [2.75, 3.05) is 26.3 Å². The molecular weight excluding hydrogens is 370 g/mol. The number of nitrogens with zero attached hydrogens (tertiary/aromatic N) is 4. The van der Waals surface area contributed by atoms with Gasteiger partial charge in [0.15, 0.2) is 6.04 Å². The molecule has 0 spiro atoms. The Balaban J connectivity index is 1.66. The van der Waals surface area contributed by atoms with Gasteiger partial charge in [-0.15, -0.1) is 5.10 Å². The summed E-state index contributed by atoms with van der Waals surface area (Å²) in [5.74, 6) is 0.758. The average molecular weight is 396 g/mol. The molecule has 3 heterocycles. The van der Waals surface area contributed by atoms with E-state index >= 15 is 0 Å². The highest BCUT2D eigenvalue weighted by Crippen LogP contribution is 2.31. The van der Waals surface area contributed by atoms with Crippen molar-refractivity contribution in [1.82, 2.24) is 20.2 Å². The number of tetrazole rings is 1. The van der Waals surface area contributed by atoms with E-state index in [1.807, 2.05) is 29.8 Å². The monoisotopic (exact) mass is 396 g/mol. The van der Waals surface area contributed by atoms with Gasteiger partial charge in [-0.2, -0.15) is 0 Å². The molecule has 5 rings (SSSR count). The maximum atomic E-state index is 13.5. The molecule has 0 radical (unpaired) electrons. The molecule has 2 fully saturated rings. The Morgan fingerprint density at radius 3 is 2.79 bits per heavy atom. The van der Waals surface area contributed by atoms with Crippen LogP contribution >= 0.6 is 0 Å². The highest BCUT2D eigenvalue weighted by atomic mass is 16.5. The van der Waals surface area contributed by atoms with Crippen LogP contribution in [0.2, 0.25) is 0 Å². The second kappa shape index (κ2) is 7.68. The van der Waals surface area contributed by atoms with E-state index in [9.17, 15) is 4.79 Å². The summed E-state index contributed by atoms with van der Waals surface area (Å²) in [7, 11) is 0. The number of benzene rings is 1. The predicted octanol–water partition coefficient (Wildman–Crippen LogP) is 1.21. The van der Waals surface area contributed by atoms with E-state index in [-0.39, 0.29) is 11.5 Å². The number of quaternary nitrogens is 1. The quantitative estimate of drug-likeness (QED) is 0.713. The molecule has 0 unspecified atom stereocenters. The van der Waals surface area contributed by atoms with Gasteiger partial charge in [-0.25, -0.2) is 4.68 Å². The van der Waals surface area contributed by atoms with Gasteiger partial charge in [0.2, 0.25) is 11.3 Å². The fraction of sp³-hybridized carbons (Fsp3) is 0.524. The Labute approximate surface area is 168 Å². The summed E-state index contributed by atoms with van der Waals surface area (Å²) in [5.41, 5.74) is 2.26. The van der Waals surface area contributed by atoms with Crippen molar-refractivity contribution in [2.45, 2.75) is 44.7 Å². The van der Waals surface area contributed by atoms with Gasteiger partial charge in [-0.05, 0) is 42.3 Å². The zero-order valence-corrected chi connectivity index (χ0v) is 16.6. The number of morpholine rings is 1. The first-order valence-corrected chi connectivity index (χ1v) is 10.4. The van der Waals surface area contributed by atoms with E-state index in [0.717, 1.165) is 37.3 Å². The van der Waals surface area contributed by atoms with E-state index in [1.54, 1.807) is 6.26 Å². The maximum absolute atomic E-state index is 13.5. The molecule has 152 valence electrons. The fourth-order valence-electron chi connectivity index (χ4n) is 4.72. The van der Waals surface area contributed by atoms with Crippen LogP contribution < -0.4 is 10.3 Å². The molecule has 29 heavy (non-hydrogen) atoms. The minimum atomic E-state index is -0.268. The predicted molar refractivity (Wildman–Crippen MR) is 106 cm³/mol. The number of hydrogen-bond acceptors (Lipinski definition) is 6. The zero-order chi connectivity index (χ0) is 19.8. The molecule has 1 atom stereocenters. The Morgan fingerprint density at radius 2 is 2.00 bits per heavy atom. The van der Waals surface area contributed by atoms with Gasteiger partial charge in [0.25, 0.3) is 0 Å². The van der Waals surface area contributed by atoms with Crippen molar-refractivity contribution in [3.63, 3.8) is 0 Å². The fourth-order valence-corrected chi connectivity index (χ4v) is 4.72. The lowest BCUT2D eigenvalue weighted by molar-refractivity contribution is -0.934. The second-order valence-corrected chi connectivity index (χ2v) is 8.14. The Morgan fingerprint density at radius 1 is 1.21 bits per heavy atom. The minimum Gasteiger partial charge on any atom is -0.464 e. The molecule has 2 aliphatic rings. The van der Waals surface area contributed by atoms with E-state index in [4.69, 9.17) is 9.15 Å². The van der Waals surface area contributed by atoms with E-state index in [1.165, 1.54) is 17.7 Å². The van der Waals surface area contributed by atoms with Crippen LogP contribution in [-0.2, 0) is 4.74 Å². The third-order valence-electron chi connectivity index (χ3n) is 6.26. The van der Waals surface area contributed by atoms with Gasteiger partial charge < -0.3 is 14.1 Å². The highest BCUT2D eigenvalue weighted by Gasteiger charge is 2.37. The van der Waals surface area contributed by atoms with Crippen LogP contribution in [0.4, 0.5) is 0 Å². The summed E-state index contributed by atoms with van der Waals surface area (Å²) in [5, 5.41) is 13.3. The minimum absolute atomic E-state index is 0.0000798. The van der Waals surface area contributed by atoms with E-state index in [0.29, 0.717) is 35.8 Å². The number of hydrogen-bond donors (Lipinski definition) is 1. The highest BCUT2D eigenvalue weighted by molar-refractivity contribution is 5.77. The third-order valence-corrected chi connectivity index (χ3v) is 6.26. The maximum Gasteiger partial charge on any atom is 0.214 e. The molecule has 3 aromatic rings. The lowest BCUT2D eigenvalue weighted by Gasteiger charge is -2.31. The van der Waals surface area contributed by atoms with Crippen molar-refractivity contribution in [2.24, 2.45) is 0 Å². The van der Waals surface area contributed by atoms with Crippen LogP contribution in [0.5, 0.6) is 0 Å². The third kappa shape index (κ3) is 3.36. The molecule has 0 bridgehead atoms. The van der Waals surface area contributed by atoms with Crippen LogP contribution in [0.3, 0.4) is 0 Å².